The molecule has 1 heterocycles. The summed E-state index contributed by atoms with van der Waals surface area (Å²) in [5.74, 6) is -4.12. The summed E-state index contributed by atoms with van der Waals surface area (Å²) < 4.78 is 39.0. The van der Waals surface area contributed by atoms with Gasteiger partial charge in [-0.15, -0.1) is 11.3 Å². The number of rotatable bonds is 8. The van der Waals surface area contributed by atoms with Crippen LogP contribution in [0.4, 0.5) is 14.5 Å². The van der Waals surface area contributed by atoms with Crippen LogP contribution in [0.3, 0.4) is 0 Å². The molecule has 0 aliphatic heterocycles. The average Bonchev–Trinajstić information content (AvgIpc) is 3.14. The highest BCUT2D eigenvalue weighted by atomic mass is 35.5. The van der Waals surface area contributed by atoms with Gasteiger partial charge in [-0.1, -0.05) is 24.6 Å². The van der Waals surface area contributed by atoms with Crippen LogP contribution in [0.5, 0.6) is 0 Å². The molecule has 36 heavy (non-hydrogen) atoms. The molecule has 1 aromatic heterocycles. The second-order valence-electron chi connectivity index (χ2n) is 7.97. The Morgan fingerprint density at radius 3 is 2.42 bits per heavy atom. The lowest BCUT2D eigenvalue weighted by molar-refractivity contribution is -0.140. The smallest absolute Gasteiger partial charge is 0.334 e. The molecule has 0 bridgehead atoms. The van der Waals surface area contributed by atoms with Crippen LogP contribution in [0.25, 0.3) is 0 Å². The van der Waals surface area contributed by atoms with Crippen LogP contribution in [0.2, 0.25) is 5.02 Å². The number of esters is 2. The lowest BCUT2D eigenvalue weighted by atomic mass is 9.90. The minimum atomic E-state index is -1.04. The maximum atomic E-state index is 15.2. The summed E-state index contributed by atoms with van der Waals surface area (Å²) >= 11 is 6.86. The van der Waals surface area contributed by atoms with Gasteiger partial charge in [0.2, 0.25) is 5.13 Å². The fourth-order valence-electron chi connectivity index (χ4n) is 3.75. The van der Waals surface area contributed by atoms with Crippen molar-refractivity contribution in [2.24, 2.45) is 0 Å². The van der Waals surface area contributed by atoms with Gasteiger partial charge >= 0.3 is 11.9 Å². The molecule has 3 rings (SSSR count). The number of anilines is 1. The van der Waals surface area contributed by atoms with Gasteiger partial charge in [0.15, 0.2) is 0 Å². The standard InChI is InChI=1S/C25H24ClF2NO6S/c1-3-11-35-25(33)17-10-5-4-9-16(17)24(32)29(23(31)14-7-6-8-15(27)12-14)21-20(26)18(36-22(21)28)13-19(30)34-2/h6-8,12H,3-5,9-11,13H2,1-2H3. The Balaban J connectivity index is 2.16. The van der Waals surface area contributed by atoms with Crippen LogP contribution in [0, 0.1) is 10.9 Å². The van der Waals surface area contributed by atoms with Gasteiger partial charge in [-0.25, -0.2) is 14.1 Å². The van der Waals surface area contributed by atoms with E-state index in [0.717, 1.165) is 19.2 Å². The predicted molar refractivity (Wildman–Crippen MR) is 130 cm³/mol. The number of imide groups is 1. The minimum absolute atomic E-state index is 0.00305. The Bertz CT molecular complexity index is 1230. The van der Waals surface area contributed by atoms with Gasteiger partial charge in [-0.3, -0.25) is 14.4 Å². The number of nitrogens with zero attached hydrogens (tertiary/aromatic N) is 1. The number of ether oxygens (including phenoxy) is 2. The Labute approximate surface area is 215 Å². The number of methoxy groups -OCH3 is 1. The summed E-state index contributed by atoms with van der Waals surface area (Å²) in [6, 6.07) is 4.56. The Morgan fingerprint density at radius 1 is 1.08 bits per heavy atom. The quantitative estimate of drug-likeness (QED) is 0.330. The molecule has 2 aromatic rings. The van der Waals surface area contributed by atoms with E-state index >= 15 is 4.39 Å². The normalized spacial score (nSPS) is 13.4. The van der Waals surface area contributed by atoms with Crippen molar-refractivity contribution in [2.45, 2.75) is 45.4 Å². The predicted octanol–water partition coefficient (Wildman–Crippen LogP) is 5.39. The summed E-state index contributed by atoms with van der Waals surface area (Å²) in [6.07, 6.45) is 1.78. The highest BCUT2D eigenvalue weighted by Crippen LogP contribution is 2.41. The first-order chi connectivity index (χ1) is 17.2. The van der Waals surface area contributed by atoms with Gasteiger partial charge in [-0.05, 0) is 50.3 Å². The van der Waals surface area contributed by atoms with Crippen molar-refractivity contribution in [3.8, 4) is 0 Å². The van der Waals surface area contributed by atoms with Gasteiger partial charge in [0.05, 0.1) is 25.2 Å². The molecule has 1 aliphatic carbocycles. The monoisotopic (exact) mass is 539 g/mol. The van der Waals surface area contributed by atoms with Crippen molar-refractivity contribution in [2.75, 3.05) is 18.6 Å². The van der Waals surface area contributed by atoms with Crippen LogP contribution in [-0.2, 0) is 30.3 Å². The summed E-state index contributed by atoms with van der Waals surface area (Å²) in [7, 11) is 1.15. The molecule has 7 nitrogen and oxygen atoms in total. The fraction of sp³-hybridized carbons (Fsp3) is 0.360. The molecule has 11 heteroatoms. The lowest BCUT2D eigenvalue weighted by Gasteiger charge is -2.25. The number of halogens is 3. The molecule has 0 N–H and O–H groups in total. The highest BCUT2D eigenvalue weighted by molar-refractivity contribution is 7.11. The molecular formula is C25H24ClF2NO6S. The molecule has 1 aliphatic rings. The maximum Gasteiger partial charge on any atom is 0.334 e. The Morgan fingerprint density at radius 2 is 1.78 bits per heavy atom. The molecule has 0 saturated carbocycles. The third-order valence-corrected chi connectivity index (χ3v) is 6.98. The van der Waals surface area contributed by atoms with Crippen molar-refractivity contribution in [3.63, 3.8) is 0 Å². The number of hydrogen-bond acceptors (Lipinski definition) is 7. The van der Waals surface area contributed by atoms with Crippen molar-refractivity contribution < 1.29 is 37.4 Å². The summed E-state index contributed by atoms with van der Waals surface area (Å²) in [5, 5.41) is -1.32. The molecular weight excluding hydrogens is 516 g/mol. The zero-order valence-electron chi connectivity index (χ0n) is 19.7. The Hall–Kier alpha value is -3.11. The van der Waals surface area contributed by atoms with E-state index in [9.17, 15) is 23.6 Å². The molecule has 1 aromatic carbocycles. The number of benzene rings is 1. The van der Waals surface area contributed by atoms with Crippen molar-refractivity contribution >= 4 is 52.4 Å². The first kappa shape index (κ1) is 27.5. The van der Waals surface area contributed by atoms with Gasteiger partial charge in [0.1, 0.15) is 11.5 Å². The van der Waals surface area contributed by atoms with E-state index in [1.54, 1.807) is 0 Å². The number of amides is 2. The number of hydrogen-bond donors (Lipinski definition) is 0. The van der Waals surface area contributed by atoms with E-state index in [-0.39, 0.29) is 52.5 Å². The van der Waals surface area contributed by atoms with E-state index in [2.05, 4.69) is 4.74 Å². The third kappa shape index (κ3) is 5.99. The number of carbonyl (C=O) groups is 4. The number of carbonyl (C=O) groups excluding carboxylic acids is 4. The highest BCUT2D eigenvalue weighted by Gasteiger charge is 2.37. The van der Waals surface area contributed by atoms with Gasteiger partial charge in [0.25, 0.3) is 11.8 Å². The summed E-state index contributed by atoms with van der Waals surface area (Å²) in [4.78, 5) is 52.3. The lowest BCUT2D eigenvalue weighted by Crippen LogP contribution is -2.40. The molecule has 0 atom stereocenters. The molecule has 0 saturated heterocycles. The third-order valence-electron chi connectivity index (χ3n) is 5.50. The minimum Gasteiger partial charge on any atom is -0.469 e. The van der Waals surface area contributed by atoms with Crippen molar-refractivity contribution in [1.82, 2.24) is 0 Å². The Kier molecular flexibility index (Phi) is 9.33. The first-order valence-electron chi connectivity index (χ1n) is 11.3. The largest absolute Gasteiger partial charge is 0.469 e. The summed E-state index contributed by atoms with van der Waals surface area (Å²) in [6.45, 7) is 1.97. The SMILES string of the molecule is CCCOC(=O)C1=C(C(=O)N(C(=O)c2cccc(F)c2)c2c(F)sc(CC(=O)OC)c2Cl)CCCC1. The second kappa shape index (κ2) is 12.2. The van der Waals surface area contributed by atoms with Gasteiger partial charge in [-0.2, -0.15) is 4.39 Å². The average molecular weight is 540 g/mol. The zero-order valence-corrected chi connectivity index (χ0v) is 21.3. The van der Waals surface area contributed by atoms with Gasteiger partial charge in [0, 0.05) is 21.6 Å². The van der Waals surface area contributed by atoms with Crippen molar-refractivity contribution in [1.29, 1.82) is 0 Å². The van der Waals surface area contributed by atoms with Crippen LogP contribution in [-0.4, -0.2) is 37.5 Å². The second-order valence-corrected chi connectivity index (χ2v) is 9.40. The molecule has 0 fully saturated rings. The zero-order chi connectivity index (χ0) is 26.4. The van der Waals surface area contributed by atoms with Crippen LogP contribution >= 0.6 is 22.9 Å². The first-order valence-corrected chi connectivity index (χ1v) is 12.5. The van der Waals surface area contributed by atoms with Crippen LogP contribution in [0.15, 0.2) is 35.4 Å². The van der Waals surface area contributed by atoms with Crippen LogP contribution in [0.1, 0.15) is 54.3 Å². The fourth-order valence-corrected chi connectivity index (χ4v) is 5.04. The summed E-state index contributed by atoms with van der Waals surface area (Å²) in [5.41, 5.74) is -0.688. The molecule has 2 amide bonds. The molecule has 0 spiro atoms. The van der Waals surface area contributed by atoms with E-state index < -0.39 is 40.4 Å². The molecule has 192 valence electrons. The van der Waals surface area contributed by atoms with E-state index in [4.69, 9.17) is 16.3 Å². The topological polar surface area (TPSA) is 90.0 Å². The molecule has 0 unspecified atom stereocenters. The van der Waals surface area contributed by atoms with E-state index in [0.29, 0.717) is 35.5 Å². The van der Waals surface area contributed by atoms with Crippen molar-refractivity contribution in [3.05, 3.63) is 61.8 Å². The van der Waals surface area contributed by atoms with Crippen LogP contribution < -0.4 is 4.90 Å². The molecule has 0 radical (unpaired) electrons. The van der Waals surface area contributed by atoms with E-state index in [1.165, 1.54) is 12.1 Å². The van der Waals surface area contributed by atoms with E-state index in [1.807, 2.05) is 6.92 Å². The van der Waals surface area contributed by atoms with Gasteiger partial charge < -0.3 is 9.47 Å². The number of thiophene rings is 1. The maximum absolute atomic E-state index is 15.2.